The summed E-state index contributed by atoms with van der Waals surface area (Å²) in [7, 11) is 0. The largest absolute Gasteiger partial charge is 0.387 e. The van der Waals surface area contributed by atoms with Crippen LogP contribution < -0.4 is 0 Å². The molecule has 2 aliphatic rings. The van der Waals surface area contributed by atoms with E-state index in [2.05, 4.69) is 0 Å². The van der Waals surface area contributed by atoms with Crippen LogP contribution in [-0.2, 0) is 20.8 Å². The molecule has 104 valence electrons. The van der Waals surface area contributed by atoms with Crippen LogP contribution in [0.15, 0.2) is 30.3 Å². The van der Waals surface area contributed by atoms with Gasteiger partial charge in [0.2, 0.25) is 0 Å². The van der Waals surface area contributed by atoms with Crippen LogP contribution in [0.5, 0.6) is 0 Å². The van der Waals surface area contributed by atoms with Gasteiger partial charge in [0.25, 0.3) is 0 Å². The van der Waals surface area contributed by atoms with Crippen molar-refractivity contribution in [1.82, 2.24) is 0 Å². The van der Waals surface area contributed by atoms with E-state index >= 15 is 0 Å². The summed E-state index contributed by atoms with van der Waals surface area (Å²) >= 11 is 0. The third-order valence-electron chi connectivity index (χ3n) is 3.99. The van der Waals surface area contributed by atoms with E-state index in [0.717, 1.165) is 5.56 Å². The highest BCUT2D eigenvalue weighted by Crippen LogP contribution is 2.41. The second-order valence-electron chi connectivity index (χ2n) is 5.51. The van der Waals surface area contributed by atoms with Gasteiger partial charge in [0.05, 0.1) is 18.8 Å². The Bertz CT molecular complexity index is 435. The first-order valence-corrected chi connectivity index (χ1v) is 6.78. The smallest absolute Gasteiger partial charge is 0.192 e. The fourth-order valence-electron chi connectivity index (χ4n) is 2.87. The van der Waals surface area contributed by atoms with Gasteiger partial charge in [0.1, 0.15) is 12.2 Å². The van der Waals surface area contributed by atoms with Crippen LogP contribution >= 0.6 is 0 Å². The topological polar surface area (TPSA) is 47.9 Å². The molecule has 1 N–H and O–H groups in total. The van der Waals surface area contributed by atoms with Crippen LogP contribution in [0.2, 0.25) is 0 Å². The van der Waals surface area contributed by atoms with Gasteiger partial charge in [-0.2, -0.15) is 0 Å². The van der Waals surface area contributed by atoms with Gasteiger partial charge in [-0.1, -0.05) is 30.3 Å². The van der Waals surface area contributed by atoms with Crippen molar-refractivity contribution in [2.24, 2.45) is 0 Å². The molecule has 1 aromatic rings. The number of hydrogen-bond acceptors (Lipinski definition) is 4. The lowest BCUT2D eigenvalue weighted by Crippen LogP contribution is -2.50. The molecule has 4 nitrogen and oxygen atoms in total. The van der Waals surface area contributed by atoms with Crippen LogP contribution in [0, 0.1) is 0 Å². The van der Waals surface area contributed by atoms with Gasteiger partial charge in [0, 0.05) is 6.42 Å². The molecule has 2 bridgehead atoms. The molecule has 0 amide bonds. The molecule has 1 aromatic carbocycles. The molecule has 2 saturated heterocycles. The maximum Gasteiger partial charge on any atom is 0.192 e. The van der Waals surface area contributed by atoms with Gasteiger partial charge < -0.3 is 19.3 Å². The van der Waals surface area contributed by atoms with Gasteiger partial charge in [-0.15, -0.1) is 0 Å². The lowest BCUT2D eigenvalue weighted by Gasteiger charge is -2.37. The van der Waals surface area contributed by atoms with Crippen molar-refractivity contribution in [2.75, 3.05) is 0 Å². The highest BCUT2D eigenvalue weighted by Gasteiger charge is 2.55. The van der Waals surface area contributed by atoms with Crippen molar-refractivity contribution >= 4 is 0 Å². The lowest BCUT2D eigenvalue weighted by molar-refractivity contribution is -0.259. The Balaban J connectivity index is 1.66. The molecule has 2 heterocycles. The number of rotatable bonds is 3. The second-order valence-corrected chi connectivity index (χ2v) is 5.51. The van der Waals surface area contributed by atoms with Crippen molar-refractivity contribution in [2.45, 2.75) is 57.1 Å². The molecule has 0 saturated carbocycles. The van der Waals surface area contributed by atoms with E-state index in [0.29, 0.717) is 13.0 Å². The summed E-state index contributed by atoms with van der Waals surface area (Å²) in [6.45, 7) is 4.29. The first kappa shape index (κ1) is 13.1. The first-order chi connectivity index (χ1) is 9.08. The fourth-order valence-corrected chi connectivity index (χ4v) is 2.87. The quantitative estimate of drug-likeness (QED) is 0.905. The summed E-state index contributed by atoms with van der Waals surface area (Å²) in [6, 6.07) is 10.0. The zero-order valence-corrected chi connectivity index (χ0v) is 11.3. The Morgan fingerprint density at radius 3 is 2.79 bits per heavy atom. The average molecular weight is 264 g/mol. The van der Waals surface area contributed by atoms with Crippen molar-refractivity contribution < 1.29 is 19.3 Å². The Morgan fingerprint density at radius 2 is 2.05 bits per heavy atom. The number of hydrogen-bond donors (Lipinski definition) is 1. The Morgan fingerprint density at radius 1 is 1.32 bits per heavy atom. The zero-order chi connectivity index (χ0) is 13.5. The van der Waals surface area contributed by atoms with E-state index in [1.165, 1.54) is 0 Å². The molecule has 3 rings (SSSR count). The van der Waals surface area contributed by atoms with Gasteiger partial charge in [-0.25, -0.2) is 0 Å². The summed E-state index contributed by atoms with van der Waals surface area (Å²) in [5, 5.41) is 10.1. The summed E-state index contributed by atoms with van der Waals surface area (Å²) in [4.78, 5) is 0. The molecule has 5 unspecified atom stereocenters. The second kappa shape index (κ2) is 4.87. The molecule has 0 radical (unpaired) electrons. The van der Waals surface area contributed by atoms with Gasteiger partial charge >= 0.3 is 0 Å². The highest BCUT2D eigenvalue weighted by atomic mass is 16.8. The molecule has 19 heavy (non-hydrogen) atoms. The molecule has 2 aliphatic heterocycles. The number of benzene rings is 1. The van der Waals surface area contributed by atoms with Crippen molar-refractivity contribution in [3.8, 4) is 0 Å². The minimum absolute atomic E-state index is 0.0528. The Kier molecular flexibility index (Phi) is 3.35. The molecule has 0 aromatic heterocycles. The predicted octanol–water partition coefficient (Wildman–Crippen LogP) is 1.86. The van der Waals surface area contributed by atoms with E-state index in [1.807, 2.05) is 37.3 Å². The van der Waals surface area contributed by atoms with Crippen LogP contribution in [0.25, 0.3) is 0 Å². The van der Waals surface area contributed by atoms with Crippen LogP contribution in [0.4, 0.5) is 0 Å². The summed E-state index contributed by atoms with van der Waals surface area (Å²) < 4.78 is 17.4. The standard InChI is InChI=1S/C15H20O4/c1-10-14-12(8-13(16)15(2,18-10)19-14)17-9-11-6-4-3-5-7-11/h3-7,10,12-14,16H,8-9H2,1-2H3. The first-order valence-electron chi connectivity index (χ1n) is 6.78. The maximum atomic E-state index is 10.1. The van der Waals surface area contributed by atoms with Crippen LogP contribution in [-0.4, -0.2) is 35.3 Å². The van der Waals surface area contributed by atoms with Crippen LogP contribution in [0.1, 0.15) is 25.8 Å². The number of ether oxygens (including phenoxy) is 3. The summed E-state index contributed by atoms with van der Waals surface area (Å²) in [6.07, 6.45) is -0.367. The van der Waals surface area contributed by atoms with Crippen molar-refractivity contribution in [1.29, 1.82) is 0 Å². The molecule has 0 aliphatic carbocycles. The van der Waals surface area contributed by atoms with Crippen molar-refractivity contribution in [3.63, 3.8) is 0 Å². The Hall–Kier alpha value is -0.940. The number of fused-ring (bicyclic) bond motifs is 2. The molecular formula is C15H20O4. The lowest BCUT2D eigenvalue weighted by atomic mass is 9.97. The number of aliphatic hydroxyl groups is 1. The van der Waals surface area contributed by atoms with E-state index < -0.39 is 11.9 Å². The monoisotopic (exact) mass is 264 g/mol. The third-order valence-corrected chi connectivity index (χ3v) is 3.99. The Labute approximate surface area is 113 Å². The third kappa shape index (κ3) is 2.41. The predicted molar refractivity (Wildman–Crippen MR) is 69.5 cm³/mol. The molecule has 2 fully saturated rings. The fraction of sp³-hybridized carbons (Fsp3) is 0.600. The molecule has 4 heteroatoms. The zero-order valence-electron chi connectivity index (χ0n) is 11.3. The van der Waals surface area contributed by atoms with Gasteiger partial charge in [-0.05, 0) is 19.4 Å². The number of aliphatic hydroxyl groups excluding tert-OH is 1. The highest BCUT2D eigenvalue weighted by molar-refractivity contribution is 5.13. The van der Waals surface area contributed by atoms with E-state index in [4.69, 9.17) is 14.2 Å². The van der Waals surface area contributed by atoms with Crippen molar-refractivity contribution in [3.05, 3.63) is 35.9 Å². The van der Waals surface area contributed by atoms with Gasteiger partial charge in [-0.3, -0.25) is 0 Å². The summed E-state index contributed by atoms with van der Waals surface area (Å²) in [5.74, 6) is -0.864. The minimum atomic E-state index is -0.864. The molecule has 0 spiro atoms. The molecule has 5 atom stereocenters. The summed E-state index contributed by atoms with van der Waals surface area (Å²) in [5.41, 5.74) is 1.12. The molecular weight excluding hydrogens is 244 g/mol. The van der Waals surface area contributed by atoms with Gasteiger partial charge in [0.15, 0.2) is 5.79 Å². The maximum absolute atomic E-state index is 10.1. The average Bonchev–Trinajstić information content (AvgIpc) is 2.68. The SMILES string of the molecule is CC1OC2(C)OC1C(OCc1ccccc1)CC2O. The van der Waals surface area contributed by atoms with E-state index in [9.17, 15) is 5.11 Å². The van der Waals surface area contributed by atoms with E-state index in [-0.39, 0.29) is 18.3 Å². The van der Waals surface area contributed by atoms with Crippen LogP contribution in [0.3, 0.4) is 0 Å². The van der Waals surface area contributed by atoms with E-state index in [1.54, 1.807) is 6.92 Å². The normalized spacial score (nSPS) is 41.4. The minimum Gasteiger partial charge on any atom is -0.387 e.